The van der Waals surface area contributed by atoms with Gasteiger partial charge in [-0.2, -0.15) is 5.26 Å². The van der Waals surface area contributed by atoms with Crippen LogP contribution in [0.3, 0.4) is 0 Å². The zero-order valence-electron chi connectivity index (χ0n) is 17.4. The van der Waals surface area contributed by atoms with Gasteiger partial charge in [-0.1, -0.05) is 12.5 Å². The molecule has 1 saturated heterocycles. The summed E-state index contributed by atoms with van der Waals surface area (Å²) in [4.78, 5) is 21.8. The summed E-state index contributed by atoms with van der Waals surface area (Å²) < 4.78 is 5.77. The fraction of sp³-hybridized carbons (Fsp3) is 0.500. The summed E-state index contributed by atoms with van der Waals surface area (Å²) in [5.74, 6) is 0.362. The molecule has 9 heteroatoms. The Bertz CT molecular complexity index is 949. The number of pyridine rings is 2. The molecule has 0 bridgehead atoms. The van der Waals surface area contributed by atoms with E-state index < -0.39 is 10.3 Å². The van der Waals surface area contributed by atoms with Gasteiger partial charge >= 0.3 is 5.69 Å². The van der Waals surface area contributed by atoms with Gasteiger partial charge in [0.2, 0.25) is 5.88 Å². The van der Waals surface area contributed by atoms with Crippen LogP contribution < -0.4 is 10.1 Å². The first kappa shape index (κ1) is 21.0. The Morgan fingerprint density at radius 2 is 2.10 bits per heavy atom. The number of hydrogen-bond acceptors (Lipinski definition) is 8. The molecule has 0 amide bonds. The molecule has 2 fully saturated rings. The molecule has 2 aromatic heterocycles. The van der Waals surface area contributed by atoms with Gasteiger partial charge in [0, 0.05) is 24.8 Å². The highest BCUT2D eigenvalue weighted by Crippen LogP contribution is 2.44. The van der Waals surface area contributed by atoms with E-state index in [1.807, 2.05) is 18.2 Å². The molecule has 1 N–H and O–H groups in total. The summed E-state index contributed by atoms with van der Waals surface area (Å²) >= 11 is 0. The van der Waals surface area contributed by atoms with Crippen LogP contribution in [-0.2, 0) is 5.41 Å². The van der Waals surface area contributed by atoms with E-state index in [0.717, 1.165) is 25.3 Å². The van der Waals surface area contributed by atoms with Crippen molar-refractivity contribution in [2.45, 2.75) is 43.6 Å². The van der Waals surface area contributed by atoms with Gasteiger partial charge in [0.25, 0.3) is 0 Å². The van der Waals surface area contributed by atoms with Crippen molar-refractivity contribution < 1.29 is 9.66 Å². The Kier molecular flexibility index (Phi) is 6.28. The molecule has 2 aliphatic rings. The highest BCUT2D eigenvalue weighted by atomic mass is 16.6. The van der Waals surface area contributed by atoms with E-state index in [4.69, 9.17) is 4.74 Å². The number of ether oxygens (including phenoxy) is 1. The lowest BCUT2D eigenvalue weighted by atomic mass is 9.64. The third kappa shape index (κ3) is 4.75. The number of nitrogens with zero attached hydrogens (tertiary/aromatic N) is 5. The SMILES string of the molecule is N#CC1(c2ccccn2)CC(Nc2cc(OCCN3CCCCC3)ncc2[N+](=O)[O-])C1. The number of nitrogens with one attached hydrogen (secondary N) is 1. The van der Waals surface area contributed by atoms with Crippen molar-refractivity contribution in [2.24, 2.45) is 0 Å². The third-order valence-electron chi connectivity index (χ3n) is 6.08. The van der Waals surface area contributed by atoms with E-state index in [1.54, 1.807) is 12.3 Å². The molecule has 0 atom stereocenters. The first-order valence-corrected chi connectivity index (χ1v) is 10.7. The van der Waals surface area contributed by atoms with Crippen molar-refractivity contribution in [2.75, 3.05) is 31.6 Å². The molecular weight excluding hydrogens is 396 g/mol. The maximum atomic E-state index is 11.5. The second kappa shape index (κ2) is 9.27. The smallest absolute Gasteiger partial charge is 0.310 e. The molecule has 9 nitrogen and oxygen atoms in total. The minimum Gasteiger partial charge on any atom is -0.476 e. The molecule has 31 heavy (non-hydrogen) atoms. The van der Waals surface area contributed by atoms with Crippen molar-refractivity contribution in [3.05, 3.63) is 52.5 Å². The van der Waals surface area contributed by atoms with E-state index >= 15 is 0 Å². The number of anilines is 1. The van der Waals surface area contributed by atoms with Crippen LogP contribution in [0.25, 0.3) is 0 Å². The lowest BCUT2D eigenvalue weighted by Crippen LogP contribution is -2.48. The van der Waals surface area contributed by atoms with Gasteiger partial charge in [0.1, 0.15) is 23.9 Å². The maximum absolute atomic E-state index is 11.5. The summed E-state index contributed by atoms with van der Waals surface area (Å²) in [6.07, 6.45) is 7.69. The van der Waals surface area contributed by atoms with Gasteiger partial charge in [-0.05, 0) is 50.9 Å². The predicted molar refractivity (Wildman–Crippen MR) is 115 cm³/mol. The quantitative estimate of drug-likeness (QED) is 0.509. The van der Waals surface area contributed by atoms with Crippen LogP contribution in [0.1, 0.15) is 37.8 Å². The Morgan fingerprint density at radius 1 is 1.29 bits per heavy atom. The number of nitro groups is 1. The van der Waals surface area contributed by atoms with Gasteiger partial charge in [0.15, 0.2) is 0 Å². The summed E-state index contributed by atoms with van der Waals surface area (Å²) in [6, 6.07) is 9.43. The molecule has 1 aliphatic carbocycles. The Balaban J connectivity index is 1.39. The summed E-state index contributed by atoms with van der Waals surface area (Å²) in [6.45, 7) is 3.48. The zero-order chi connectivity index (χ0) is 21.7. The largest absolute Gasteiger partial charge is 0.476 e. The van der Waals surface area contributed by atoms with E-state index in [9.17, 15) is 15.4 Å². The average molecular weight is 422 g/mol. The van der Waals surface area contributed by atoms with Crippen molar-refractivity contribution in [3.8, 4) is 11.9 Å². The standard InChI is InChI=1S/C22H26N6O3/c23-16-22(20-6-2-3-7-24-20)13-17(14-22)26-18-12-21(25-15-19(18)28(29)30)31-11-10-27-8-4-1-5-9-27/h2-3,6-7,12,15,17H,1,4-5,8-11,13-14H2,(H,25,26). The van der Waals surface area contributed by atoms with E-state index in [0.29, 0.717) is 31.0 Å². The maximum Gasteiger partial charge on any atom is 0.310 e. The van der Waals surface area contributed by atoms with Gasteiger partial charge < -0.3 is 10.1 Å². The van der Waals surface area contributed by atoms with Crippen LogP contribution in [-0.4, -0.2) is 52.1 Å². The number of hydrogen-bond donors (Lipinski definition) is 1. The normalized spacial score (nSPS) is 23.4. The summed E-state index contributed by atoms with van der Waals surface area (Å²) in [5.41, 5.74) is 0.344. The van der Waals surface area contributed by atoms with Crippen LogP contribution >= 0.6 is 0 Å². The number of nitriles is 1. The summed E-state index contributed by atoms with van der Waals surface area (Å²) in [5, 5.41) is 24.4. The van der Waals surface area contributed by atoms with Gasteiger partial charge in [-0.3, -0.25) is 20.0 Å². The van der Waals surface area contributed by atoms with Crippen LogP contribution in [0.2, 0.25) is 0 Å². The first-order valence-electron chi connectivity index (χ1n) is 10.7. The lowest BCUT2D eigenvalue weighted by molar-refractivity contribution is -0.384. The van der Waals surface area contributed by atoms with Crippen molar-refractivity contribution in [3.63, 3.8) is 0 Å². The minimum atomic E-state index is -0.658. The van der Waals surface area contributed by atoms with Crippen molar-refractivity contribution >= 4 is 11.4 Å². The van der Waals surface area contributed by atoms with E-state index in [1.165, 1.54) is 25.5 Å². The van der Waals surface area contributed by atoms with Crippen molar-refractivity contribution in [1.29, 1.82) is 5.26 Å². The van der Waals surface area contributed by atoms with Gasteiger partial charge in [-0.15, -0.1) is 0 Å². The second-order valence-electron chi connectivity index (χ2n) is 8.21. The molecule has 0 unspecified atom stereocenters. The first-order chi connectivity index (χ1) is 15.1. The molecule has 0 spiro atoms. The third-order valence-corrected chi connectivity index (χ3v) is 6.08. The topological polar surface area (TPSA) is 117 Å². The Labute approximate surface area is 181 Å². The number of rotatable bonds is 8. The monoisotopic (exact) mass is 422 g/mol. The molecule has 2 aromatic rings. The van der Waals surface area contributed by atoms with Crippen LogP contribution in [0.15, 0.2) is 36.7 Å². The minimum absolute atomic E-state index is 0.0658. The highest BCUT2D eigenvalue weighted by molar-refractivity contribution is 5.63. The number of likely N-dealkylation sites (tertiary alicyclic amines) is 1. The molecule has 0 aromatic carbocycles. The predicted octanol–water partition coefficient (Wildman–Crippen LogP) is 3.29. The molecular formula is C22H26N6O3. The van der Waals surface area contributed by atoms with Gasteiger partial charge in [-0.25, -0.2) is 4.98 Å². The Hall–Kier alpha value is -3.25. The molecule has 4 rings (SSSR count). The molecule has 0 radical (unpaired) electrons. The lowest BCUT2D eigenvalue weighted by Gasteiger charge is -2.42. The fourth-order valence-electron chi connectivity index (χ4n) is 4.34. The van der Waals surface area contributed by atoms with Gasteiger partial charge in [0.05, 0.1) is 16.7 Å². The average Bonchev–Trinajstić information content (AvgIpc) is 2.77. The number of aromatic nitrogens is 2. The second-order valence-corrected chi connectivity index (χ2v) is 8.21. The van der Waals surface area contributed by atoms with E-state index in [-0.39, 0.29) is 11.7 Å². The molecule has 162 valence electrons. The zero-order valence-corrected chi connectivity index (χ0v) is 17.4. The Morgan fingerprint density at radius 3 is 2.77 bits per heavy atom. The molecule has 1 saturated carbocycles. The molecule has 3 heterocycles. The fourth-order valence-corrected chi connectivity index (χ4v) is 4.34. The summed E-state index contributed by atoms with van der Waals surface area (Å²) in [7, 11) is 0. The highest BCUT2D eigenvalue weighted by Gasteiger charge is 2.47. The number of piperidine rings is 1. The van der Waals surface area contributed by atoms with Crippen LogP contribution in [0, 0.1) is 21.4 Å². The van der Waals surface area contributed by atoms with Crippen LogP contribution in [0.5, 0.6) is 5.88 Å². The van der Waals surface area contributed by atoms with Crippen LogP contribution in [0.4, 0.5) is 11.4 Å². The van der Waals surface area contributed by atoms with Crippen molar-refractivity contribution in [1.82, 2.24) is 14.9 Å². The van der Waals surface area contributed by atoms with E-state index in [2.05, 4.69) is 26.3 Å². The molecule has 1 aliphatic heterocycles.